The number of nitrogens with zero attached hydrogens (tertiary/aromatic N) is 4. The number of aromatic nitrogens is 4. The number of imidazole rings is 1. The minimum atomic E-state index is 0.698. The van der Waals surface area contributed by atoms with E-state index in [1.807, 2.05) is 41.0 Å². The van der Waals surface area contributed by atoms with Gasteiger partial charge in [-0.2, -0.15) is 0 Å². The Kier molecular flexibility index (Phi) is 3.24. The zero-order valence-corrected chi connectivity index (χ0v) is 12.6. The van der Waals surface area contributed by atoms with E-state index in [-0.39, 0.29) is 0 Å². The van der Waals surface area contributed by atoms with Crippen molar-refractivity contribution in [3.05, 3.63) is 72.8 Å². The molecule has 23 heavy (non-hydrogen) atoms. The molecule has 4 rings (SSSR count). The lowest BCUT2D eigenvalue weighted by Gasteiger charge is -2.08. The van der Waals surface area contributed by atoms with Crippen LogP contribution in [0.2, 0.25) is 0 Å². The van der Waals surface area contributed by atoms with Crippen molar-refractivity contribution >= 4 is 22.5 Å². The van der Waals surface area contributed by atoms with E-state index in [1.165, 1.54) is 5.56 Å². The van der Waals surface area contributed by atoms with Gasteiger partial charge in [0.1, 0.15) is 6.33 Å². The maximum Gasteiger partial charge on any atom is 0.159 e. The molecule has 0 aliphatic rings. The molecule has 2 heterocycles. The van der Waals surface area contributed by atoms with Crippen LogP contribution in [0.25, 0.3) is 16.9 Å². The Labute approximate surface area is 133 Å². The van der Waals surface area contributed by atoms with E-state index in [2.05, 4.69) is 39.3 Å². The van der Waals surface area contributed by atoms with Gasteiger partial charge in [-0.15, -0.1) is 0 Å². The van der Waals surface area contributed by atoms with Crippen LogP contribution in [0.15, 0.2) is 67.3 Å². The smallest absolute Gasteiger partial charge is 0.159 e. The number of para-hydroxylation sites is 2. The monoisotopic (exact) mass is 301 g/mol. The first kappa shape index (κ1) is 13.5. The Hall–Kier alpha value is -3.21. The van der Waals surface area contributed by atoms with E-state index in [9.17, 15) is 0 Å². The highest BCUT2D eigenvalue weighted by atomic mass is 15.1. The second-order valence-corrected chi connectivity index (χ2v) is 5.36. The Morgan fingerprint density at radius 2 is 1.78 bits per heavy atom. The zero-order valence-electron chi connectivity index (χ0n) is 12.6. The van der Waals surface area contributed by atoms with Crippen LogP contribution in [0.1, 0.15) is 5.56 Å². The van der Waals surface area contributed by atoms with Crippen molar-refractivity contribution in [2.24, 2.45) is 0 Å². The van der Waals surface area contributed by atoms with Gasteiger partial charge in [-0.05, 0) is 31.2 Å². The van der Waals surface area contributed by atoms with Gasteiger partial charge in [0.25, 0.3) is 0 Å². The number of anilines is 2. The average Bonchev–Trinajstić information content (AvgIpc) is 3.01. The number of rotatable bonds is 3. The van der Waals surface area contributed by atoms with Gasteiger partial charge >= 0.3 is 0 Å². The van der Waals surface area contributed by atoms with Crippen LogP contribution in [0.4, 0.5) is 11.5 Å². The number of hydrogen-bond acceptors (Lipinski definition) is 4. The minimum absolute atomic E-state index is 0.698. The van der Waals surface area contributed by atoms with Crippen LogP contribution in [0.3, 0.4) is 0 Å². The molecule has 4 aromatic rings. The van der Waals surface area contributed by atoms with Gasteiger partial charge in [0.2, 0.25) is 0 Å². The third-order valence-corrected chi connectivity index (χ3v) is 3.65. The van der Waals surface area contributed by atoms with Crippen LogP contribution in [0.5, 0.6) is 0 Å². The minimum Gasteiger partial charge on any atom is -0.339 e. The highest BCUT2D eigenvalue weighted by Gasteiger charge is 2.06. The fraction of sp³-hybridized carbons (Fsp3) is 0.0556. The standard InChI is InChI=1S/C18H15N5/c1-13-6-8-14(9-7-13)21-17-10-19-11-18(22-17)23-12-20-15-4-2-3-5-16(15)23/h2-12H,1H3,(H,21,22). The quantitative estimate of drug-likeness (QED) is 0.624. The molecular weight excluding hydrogens is 286 g/mol. The Morgan fingerprint density at radius 3 is 2.65 bits per heavy atom. The van der Waals surface area contributed by atoms with Crippen LogP contribution in [-0.4, -0.2) is 19.5 Å². The number of benzene rings is 2. The predicted molar refractivity (Wildman–Crippen MR) is 91.1 cm³/mol. The molecule has 0 saturated heterocycles. The van der Waals surface area contributed by atoms with Crippen molar-refractivity contribution in [1.29, 1.82) is 0 Å². The molecule has 2 aromatic carbocycles. The van der Waals surface area contributed by atoms with Crippen molar-refractivity contribution < 1.29 is 0 Å². The van der Waals surface area contributed by atoms with Crippen LogP contribution < -0.4 is 5.32 Å². The first-order valence-electron chi connectivity index (χ1n) is 7.38. The van der Waals surface area contributed by atoms with Crippen molar-refractivity contribution in [3.63, 3.8) is 0 Å². The van der Waals surface area contributed by atoms with Gasteiger partial charge < -0.3 is 5.32 Å². The predicted octanol–water partition coefficient (Wildman–Crippen LogP) is 3.87. The Morgan fingerprint density at radius 1 is 0.957 bits per heavy atom. The molecule has 0 aliphatic heterocycles. The molecule has 0 bridgehead atoms. The maximum atomic E-state index is 4.63. The largest absolute Gasteiger partial charge is 0.339 e. The SMILES string of the molecule is Cc1ccc(Nc2cncc(-n3cnc4ccccc43)n2)cc1. The summed E-state index contributed by atoms with van der Waals surface area (Å²) < 4.78 is 1.93. The summed E-state index contributed by atoms with van der Waals surface area (Å²) >= 11 is 0. The number of fused-ring (bicyclic) bond motifs is 1. The molecule has 112 valence electrons. The van der Waals surface area contributed by atoms with Crippen molar-refractivity contribution in [3.8, 4) is 5.82 Å². The van der Waals surface area contributed by atoms with Crippen LogP contribution in [0, 0.1) is 6.92 Å². The van der Waals surface area contributed by atoms with Gasteiger partial charge in [0.15, 0.2) is 11.6 Å². The van der Waals surface area contributed by atoms with Gasteiger partial charge in [0, 0.05) is 5.69 Å². The molecule has 5 nitrogen and oxygen atoms in total. The summed E-state index contributed by atoms with van der Waals surface area (Å²) in [7, 11) is 0. The van der Waals surface area contributed by atoms with E-state index in [4.69, 9.17) is 0 Å². The number of hydrogen-bond donors (Lipinski definition) is 1. The van der Waals surface area contributed by atoms with E-state index in [0.717, 1.165) is 22.5 Å². The van der Waals surface area contributed by atoms with Gasteiger partial charge in [0.05, 0.1) is 23.4 Å². The fourth-order valence-corrected chi connectivity index (χ4v) is 2.46. The topological polar surface area (TPSA) is 55.6 Å². The summed E-state index contributed by atoms with van der Waals surface area (Å²) in [4.78, 5) is 13.3. The highest BCUT2D eigenvalue weighted by Crippen LogP contribution is 2.19. The summed E-state index contributed by atoms with van der Waals surface area (Å²) in [5.74, 6) is 1.43. The first-order chi connectivity index (χ1) is 11.3. The summed E-state index contributed by atoms with van der Waals surface area (Å²) in [6.45, 7) is 2.06. The lowest BCUT2D eigenvalue weighted by Crippen LogP contribution is -2.01. The second-order valence-electron chi connectivity index (χ2n) is 5.36. The van der Waals surface area contributed by atoms with Gasteiger partial charge in [-0.1, -0.05) is 29.8 Å². The summed E-state index contributed by atoms with van der Waals surface area (Å²) in [6.07, 6.45) is 5.21. The van der Waals surface area contributed by atoms with E-state index in [0.29, 0.717) is 5.82 Å². The summed E-state index contributed by atoms with van der Waals surface area (Å²) in [6, 6.07) is 16.1. The molecule has 5 heteroatoms. The maximum absolute atomic E-state index is 4.63. The summed E-state index contributed by atoms with van der Waals surface area (Å²) in [5, 5.41) is 3.27. The van der Waals surface area contributed by atoms with Crippen molar-refractivity contribution in [2.75, 3.05) is 5.32 Å². The molecule has 0 atom stereocenters. The molecule has 0 radical (unpaired) electrons. The third-order valence-electron chi connectivity index (χ3n) is 3.65. The first-order valence-corrected chi connectivity index (χ1v) is 7.38. The Balaban J connectivity index is 1.70. The van der Waals surface area contributed by atoms with Crippen molar-refractivity contribution in [1.82, 2.24) is 19.5 Å². The lowest BCUT2D eigenvalue weighted by atomic mass is 10.2. The lowest BCUT2D eigenvalue weighted by molar-refractivity contribution is 0.999. The molecule has 2 aromatic heterocycles. The van der Waals surface area contributed by atoms with Crippen molar-refractivity contribution in [2.45, 2.75) is 6.92 Å². The summed E-state index contributed by atoms with van der Waals surface area (Å²) in [5.41, 5.74) is 4.15. The van der Waals surface area contributed by atoms with Gasteiger partial charge in [-0.25, -0.2) is 9.97 Å². The molecule has 0 aliphatic carbocycles. The Bertz CT molecular complexity index is 956. The highest BCUT2D eigenvalue weighted by molar-refractivity contribution is 5.76. The second kappa shape index (κ2) is 5.53. The molecule has 1 N–H and O–H groups in total. The molecular formula is C18H15N5. The molecule has 0 amide bonds. The molecule has 0 saturated carbocycles. The number of nitrogens with one attached hydrogen (secondary N) is 1. The average molecular weight is 301 g/mol. The van der Waals surface area contributed by atoms with Crippen LogP contribution >= 0.6 is 0 Å². The zero-order chi connectivity index (χ0) is 15.6. The van der Waals surface area contributed by atoms with E-state index in [1.54, 1.807) is 18.7 Å². The fourth-order valence-electron chi connectivity index (χ4n) is 2.46. The molecule has 0 spiro atoms. The molecule has 0 fully saturated rings. The van der Waals surface area contributed by atoms with Gasteiger partial charge in [-0.3, -0.25) is 9.55 Å². The van der Waals surface area contributed by atoms with E-state index >= 15 is 0 Å². The normalized spacial score (nSPS) is 10.8. The van der Waals surface area contributed by atoms with E-state index < -0.39 is 0 Å². The van der Waals surface area contributed by atoms with Crippen LogP contribution in [-0.2, 0) is 0 Å². The third kappa shape index (κ3) is 2.64. The number of aryl methyl sites for hydroxylation is 1. The molecule has 0 unspecified atom stereocenters.